The van der Waals surface area contributed by atoms with Crippen molar-refractivity contribution in [3.63, 3.8) is 0 Å². The Hall–Kier alpha value is -3.46. The first kappa shape index (κ1) is 17.9. The normalized spacial score (nSPS) is 14.8. The number of hydrogen-bond acceptors (Lipinski definition) is 7. The molecule has 0 bridgehead atoms. The fourth-order valence-electron chi connectivity index (χ4n) is 3.10. The van der Waals surface area contributed by atoms with Gasteiger partial charge in [0, 0.05) is 38.3 Å². The summed E-state index contributed by atoms with van der Waals surface area (Å²) in [5.74, 6) is 0.986. The second kappa shape index (κ2) is 7.65. The van der Waals surface area contributed by atoms with E-state index in [1.165, 1.54) is 12.1 Å². The average Bonchev–Trinajstić information content (AvgIpc) is 3.18. The van der Waals surface area contributed by atoms with Crippen LogP contribution in [-0.4, -0.2) is 57.8 Å². The predicted molar refractivity (Wildman–Crippen MR) is 107 cm³/mol. The van der Waals surface area contributed by atoms with Crippen LogP contribution in [0.5, 0.6) is 0 Å². The van der Waals surface area contributed by atoms with E-state index >= 15 is 0 Å². The topological polar surface area (TPSA) is 92.4 Å². The number of hydrogen-bond donors (Lipinski definition) is 1. The molecular weight excluding hydrogens is 358 g/mol. The molecule has 3 heterocycles. The van der Waals surface area contributed by atoms with Crippen LogP contribution in [0.2, 0.25) is 0 Å². The van der Waals surface area contributed by atoms with Gasteiger partial charge in [0.1, 0.15) is 5.82 Å². The highest BCUT2D eigenvalue weighted by Crippen LogP contribution is 2.21. The van der Waals surface area contributed by atoms with E-state index in [0.717, 1.165) is 49.1 Å². The Morgan fingerprint density at radius 3 is 2.39 bits per heavy atom. The largest absolute Gasteiger partial charge is 0.354 e. The van der Waals surface area contributed by atoms with Crippen LogP contribution in [0.15, 0.2) is 55.0 Å². The molecule has 9 heteroatoms. The van der Waals surface area contributed by atoms with Crippen LogP contribution in [0, 0.1) is 10.1 Å². The highest BCUT2D eigenvalue weighted by molar-refractivity contribution is 5.59. The van der Waals surface area contributed by atoms with E-state index in [9.17, 15) is 10.1 Å². The van der Waals surface area contributed by atoms with Crippen LogP contribution in [0.1, 0.15) is 0 Å². The molecule has 28 heavy (non-hydrogen) atoms. The summed E-state index contributed by atoms with van der Waals surface area (Å²) in [5, 5.41) is 18.3. The number of piperazine rings is 1. The van der Waals surface area contributed by atoms with Crippen molar-refractivity contribution in [1.29, 1.82) is 0 Å². The smallest absolute Gasteiger partial charge is 0.269 e. The van der Waals surface area contributed by atoms with Crippen molar-refractivity contribution in [3.8, 4) is 5.69 Å². The summed E-state index contributed by atoms with van der Waals surface area (Å²) >= 11 is 0. The molecule has 0 radical (unpaired) electrons. The summed E-state index contributed by atoms with van der Waals surface area (Å²) in [4.78, 5) is 19.5. The maximum atomic E-state index is 10.8. The number of likely N-dealkylation sites (N-methyl/N-ethyl adjacent to an activating group) is 1. The van der Waals surface area contributed by atoms with Crippen molar-refractivity contribution in [1.82, 2.24) is 19.7 Å². The molecule has 0 spiro atoms. The molecule has 0 atom stereocenters. The third kappa shape index (κ3) is 3.94. The third-order valence-corrected chi connectivity index (χ3v) is 4.77. The molecule has 1 aromatic carbocycles. The first-order valence-corrected chi connectivity index (χ1v) is 9.04. The average molecular weight is 379 g/mol. The second-order valence-corrected chi connectivity index (χ2v) is 6.77. The molecule has 3 aromatic rings. The SMILES string of the molecule is CN1CCN(c2ccc(Nc3cnn(-c4ccc([N+](=O)[O-])cc4)c3)cn2)CC1. The number of non-ortho nitro benzene ring substituents is 1. The van der Waals surface area contributed by atoms with Crippen molar-refractivity contribution >= 4 is 22.9 Å². The van der Waals surface area contributed by atoms with Crippen molar-refractivity contribution in [2.45, 2.75) is 0 Å². The molecule has 1 aliphatic rings. The number of nitro benzene ring substituents is 1. The van der Waals surface area contributed by atoms with Crippen LogP contribution in [0.25, 0.3) is 5.69 Å². The maximum absolute atomic E-state index is 10.8. The maximum Gasteiger partial charge on any atom is 0.269 e. The van der Waals surface area contributed by atoms with Crippen LogP contribution < -0.4 is 10.2 Å². The minimum absolute atomic E-state index is 0.0563. The van der Waals surface area contributed by atoms with E-state index in [-0.39, 0.29) is 5.69 Å². The quantitative estimate of drug-likeness (QED) is 0.538. The molecule has 0 aliphatic carbocycles. The predicted octanol–water partition coefficient (Wildman–Crippen LogP) is 2.67. The lowest BCUT2D eigenvalue weighted by Gasteiger charge is -2.33. The number of benzene rings is 1. The molecular formula is C19H21N7O2. The second-order valence-electron chi connectivity index (χ2n) is 6.77. The van der Waals surface area contributed by atoms with Gasteiger partial charge in [-0.3, -0.25) is 10.1 Å². The number of pyridine rings is 1. The van der Waals surface area contributed by atoms with Gasteiger partial charge in [-0.25, -0.2) is 9.67 Å². The van der Waals surface area contributed by atoms with E-state index in [1.54, 1.807) is 23.0 Å². The lowest BCUT2D eigenvalue weighted by atomic mass is 10.3. The number of nitrogens with one attached hydrogen (secondary N) is 1. The standard InChI is InChI=1S/C19H21N7O2/c1-23-8-10-24(11-9-23)19-7-2-15(12-20-19)22-16-13-21-25(14-16)17-3-5-18(6-4-17)26(27)28/h2-7,12-14,22H,8-11H2,1H3. The Bertz CT molecular complexity index is 945. The van der Waals surface area contributed by atoms with Crippen molar-refractivity contribution in [3.05, 3.63) is 65.1 Å². The number of anilines is 3. The van der Waals surface area contributed by atoms with Gasteiger partial charge < -0.3 is 15.1 Å². The van der Waals surface area contributed by atoms with Gasteiger partial charge in [-0.05, 0) is 31.3 Å². The number of rotatable bonds is 5. The van der Waals surface area contributed by atoms with Gasteiger partial charge in [0.2, 0.25) is 0 Å². The van der Waals surface area contributed by atoms with Gasteiger partial charge in [-0.1, -0.05) is 0 Å². The molecule has 2 aromatic heterocycles. The summed E-state index contributed by atoms with van der Waals surface area (Å²) in [6.45, 7) is 4.06. The number of nitro groups is 1. The van der Waals surface area contributed by atoms with E-state index in [4.69, 9.17) is 0 Å². The third-order valence-electron chi connectivity index (χ3n) is 4.77. The molecule has 1 fully saturated rings. The minimum Gasteiger partial charge on any atom is -0.354 e. The molecule has 0 unspecified atom stereocenters. The Morgan fingerprint density at radius 1 is 1.00 bits per heavy atom. The van der Waals surface area contributed by atoms with Crippen LogP contribution in [0.4, 0.5) is 22.9 Å². The van der Waals surface area contributed by atoms with Gasteiger partial charge in [-0.2, -0.15) is 5.10 Å². The molecule has 1 aliphatic heterocycles. The summed E-state index contributed by atoms with van der Waals surface area (Å²) < 4.78 is 1.66. The first-order valence-electron chi connectivity index (χ1n) is 9.04. The van der Waals surface area contributed by atoms with Crippen molar-refractivity contribution < 1.29 is 4.92 Å². The lowest BCUT2D eigenvalue weighted by molar-refractivity contribution is -0.384. The lowest BCUT2D eigenvalue weighted by Crippen LogP contribution is -2.44. The zero-order chi connectivity index (χ0) is 19.5. The van der Waals surface area contributed by atoms with Gasteiger partial charge >= 0.3 is 0 Å². The fraction of sp³-hybridized carbons (Fsp3) is 0.263. The molecule has 0 amide bonds. The van der Waals surface area contributed by atoms with E-state index in [2.05, 4.69) is 32.2 Å². The minimum atomic E-state index is -0.418. The highest BCUT2D eigenvalue weighted by atomic mass is 16.6. The summed E-state index contributed by atoms with van der Waals surface area (Å²) in [5.41, 5.74) is 2.50. The summed E-state index contributed by atoms with van der Waals surface area (Å²) in [6.07, 6.45) is 5.35. The number of nitrogens with zero attached hydrogens (tertiary/aromatic N) is 6. The Kier molecular flexibility index (Phi) is 4.90. The fourth-order valence-corrected chi connectivity index (χ4v) is 3.10. The van der Waals surface area contributed by atoms with Crippen molar-refractivity contribution in [2.24, 2.45) is 0 Å². The van der Waals surface area contributed by atoms with Crippen molar-refractivity contribution in [2.75, 3.05) is 43.4 Å². The van der Waals surface area contributed by atoms with Crippen LogP contribution in [0.3, 0.4) is 0 Å². The molecule has 144 valence electrons. The highest BCUT2D eigenvalue weighted by Gasteiger charge is 2.15. The molecule has 4 rings (SSSR count). The Labute approximate surface area is 162 Å². The molecule has 1 saturated heterocycles. The molecule has 9 nitrogen and oxygen atoms in total. The molecule has 1 N–H and O–H groups in total. The van der Waals surface area contributed by atoms with E-state index in [0.29, 0.717) is 0 Å². The zero-order valence-electron chi connectivity index (χ0n) is 15.5. The summed E-state index contributed by atoms with van der Waals surface area (Å²) in [7, 11) is 2.13. The van der Waals surface area contributed by atoms with Gasteiger partial charge in [0.05, 0.1) is 40.6 Å². The van der Waals surface area contributed by atoms with Gasteiger partial charge in [-0.15, -0.1) is 0 Å². The van der Waals surface area contributed by atoms with E-state index in [1.807, 2.05) is 24.5 Å². The Balaban J connectivity index is 1.41. The first-order chi connectivity index (χ1) is 13.6. The van der Waals surface area contributed by atoms with Crippen LogP contribution in [-0.2, 0) is 0 Å². The van der Waals surface area contributed by atoms with Crippen LogP contribution >= 0.6 is 0 Å². The van der Waals surface area contributed by atoms with Gasteiger partial charge in [0.25, 0.3) is 5.69 Å². The monoisotopic (exact) mass is 379 g/mol. The van der Waals surface area contributed by atoms with E-state index < -0.39 is 4.92 Å². The molecule has 0 saturated carbocycles. The Morgan fingerprint density at radius 2 is 1.75 bits per heavy atom. The summed E-state index contributed by atoms with van der Waals surface area (Å²) in [6, 6.07) is 10.3. The zero-order valence-corrected chi connectivity index (χ0v) is 15.5. The number of aromatic nitrogens is 3. The van der Waals surface area contributed by atoms with Gasteiger partial charge in [0.15, 0.2) is 0 Å².